The van der Waals surface area contributed by atoms with Crippen LogP contribution < -0.4 is 5.32 Å². The molecule has 3 heterocycles. The Kier molecular flexibility index (Phi) is 2.38. The number of nitrogens with one attached hydrogen (secondary N) is 2. The van der Waals surface area contributed by atoms with Gasteiger partial charge in [-0.15, -0.1) is 0 Å². The molecule has 1 amide bonds. The van der Waals surface area contributed by atoms with E-state index in [4.69, 9.17) is 5.41 Å². The number of fused-ring (bicyclic) bond motifs is 1. The molecule has 98 valence electrons. The molecule has 1 saturated heterocycles. The van der Waals surface area contributed by atoms with Gasteiger partial charge in [0.1, 0.15) is 0 Å². The van der Waals surface area contributed by atoms with Crippen LogP contribution >= 0.6 is 0 Å². The largest absolute Gasteiger partial charge is 0.346 e. The predicted molar refractivity (Wildman–Crippen MR) is 73.0 cm³/mol. The standard InChI is InChI=1S/C14H16N4O/c1-14(8-12(19)17(2)13(15)16-14)10-7-11-5-3-4-6-18(11)9-10/h3-7,9H,8H2,1-2H3,(H2,15,16)/t14-/m1/s1. The molecule has 0 radical (unpaired) electrons. The molecule has 0 spiro atoms. The topological polar surface area (TPSA) is 60.6 Å². The van der Waals surface area contributed by atoms with Crippen LogP contribution in [0.25, 0.3) is 5.52 Å². The molecule has 2 aromatic rings. The van der Waals surface area contributed by atoms with Crippen molar-refractivity contribution in [3.05, 3.63) is 42.2 Å². The third kappa shape index (κ3) is 1.78. The molecule has 19 heavy (non-hydrogen) atoms. The number of carbonyl (C=O) groups excluding carboxylic acids is 1. The minimum atomic E-state index is -0.521. The summed E-state index contributed by atoms with van der Waals surface area (Å²) in [5.74, 6) is 0.107. The molecule has 1 aliphatic rings. The van der Waals surface area contributed by atoms with Gasteiger partial charge in [-0.2, -0.15) is 0 Å². The maximum atomic E-state index is 11.9. The summed E-state index contributed by atoms with van der Waals surface area (Å²) in [7, 11) is 1.62. The van der Waals surface area contributed by atoms with Crippen molar-refractivity contribution in [2.45, 2.75) is 18.9 Å². The van der Waals surface area contributed by atoms with E-state index in [9.17, 15) is 4.79 Å². The summed E-state index contributed by atoms with van der Waals surface area (Å²) in [5.41, 5.74) is 1.58. The molecule has 0 unspecified atom stereocenters. The number of aromatic nitrogens is 1. The van der Waals surface area contributed by atoms with E-state index in [0.717, 1.165) is 11.1 Å². The van der Waals surface area contributed by atoms with Crippen LogP contribution in [0.15, 0.2) is 36.7 Å². The second-order valence-electron chi connectivity index (χ2n) is 5.20. The van der Waals surface area contributed by atoms with Crippen LogP contribution in [0.3, 0.4) is 0 Å². The van der Waals surface area contributed by atoms with Crippen molar-refractivity contribution in [3.63, 3.8) is 0 Å². The first-order chi connectivity index (χ1) is 8.99. The molecular formula is C14H16N4O. The van der Waals surface area contributed by atoms with Crippen molar-refractivity contribution in [2.75, 3.05) is 7.05 Å². The third-order valence-electron chi connectivity index (χ3n) is 3.75. The fraction of sp³-hybridized carbons (Fsp3) is 0.286. The van der Waals surface area contributed by atoms with Crippen LogP contribution in [-0.2, 0) is 10.3 Å². The molecule has 1 atom stereocenters. The summed E-state index contributed by atoms with van der Waals surface area (Å²) in [6, 6.07) is 8.03. The molecule has 2 aromatic heterocycles. The molecule has 3 rings (SSSR count). The van der Waals surface area contributed by atoms with Crippen LogP contribution in [0.4, 0.5) is 0 Å². The van der Waals surface area contributed by atoms with E-state index in [1.54, 1.807) is 7.05 Å². The zero-order valence-corrected chi connectivity index (χ0v) is 11.0. The van der Waals surface area contributed by atoms with Gasteiger partial charge in [0.2, 0.25) is 5.91 Å². The summed E-state index contributed by atoms with van der Waals surface area (Å²) in [4.78, 5) is 13.3. The molecule has 5 nitrogen and oxygen atoms in total. The van der Waals surface area contributed by atoms with E-state index >= 15 is 0 Å². The lowest BCUT2D eigenvalue weighted by atomic mass is 9.88. The van der Waals surface area contributed by atoms with Crippen molar-refractivity contribution in [1.29, 1.82) is 5.41 Å². The maximum Gasteiger partial charge on any atom is 0.231 e. The number of amides is 1. The van der Waals surface area contributed by atoms with Gasteiger partial charge in [-0.3, -0.25) is 15.1 Å². The Balaban J connectivity index is 2.04. The van der Waals surface area contributed by atoms with Gasteiger partial charge >= 0.3 is 0 Å². The Morgan fingerprint density at radius 2 is 2.21 bits per heavy atom. The summed E-state index contributed by atoms with van der Waals surface area (Å²) >= 11 is 0. The maximum absolute atomic E-state index is 11.9. The van der Waals surface area contributed by atoms with Crippen molar-refractivity contribution < 1.29 is 4.79 Å². The fourth-order valence-corrected chi connectivity index (χ4v) is 2.47. The van der Waals surface area contributed by atoms with Gasteiger partial charge in [0.25, 0.3) is 0 Å². The average Bonchev–Trinajstić information content (AvgIpc) is 2.80. The molecule has 5 heteroatoms. The number of carbonyl (C=O) groups is 1. The highest BCUT2D eigenvalue weighted by atomic mass is 16.2. The van der Waals surface area contributed by atoms with E-state index in [1.807, 2.05) is 41.9 Å². The number of nitrogens with zero attached hydrogens (tertiary/aromatic N) is 2. The molecule has 0 saturated carbocycles. The molecular weight excluding hydrogens is 240 g/mol. The molecule has 1 aliphatic heterocycles. The van der Waals surface area contributed by atoms with E-state index in [0.29, 0.717) is 6.42 Å². The Morgan fingerprint density at radius 1 is 1.42 bits per heavy atom. The number of hydrogen-bond acceptors (Lipinski definition) is 2. The molecule has 0 bridgehead atoms. The van der Waals surface area contributed by atoms with E-state index in [2.05, 4.69) is 11.4 Å². The lowest BCUT2D eigenvalue weighted by molar-refractivity contribution is -0.129. The SMILES string of the molecule is CN1C(=N)N[C@@](C)(c2cc3ccccn3c2)CC1=O. The quantitative estimate of drug-likeness (QED) is 0.813. The highest BCUT2D eigenvalue weighted by Gasteiger charge is 2.38. The lowest BCUT2D eigenvalue weighted by Gasteiger charge is -2.38. The van der Waals surface area contributed by atoms with Gasteiger partial charge in [0.05, 0.1) is 12.0 Å². The lowest BCUT2D eigenvalue weighted by Crippen LogP contribution is -2.58. The van der Waals surface area contributed by atoms with E-state index in [-0.39, 0.29) is 11.9 Å². The number of pyridine rings is 1. The average molecular weight is 256 g/mol. The number of guanidine groups is 1. The zero-order valence-electron chi connectivity index (χ0n) is 11.0. The Bertz CT molecular complexity index is 622. The molecule has 0 aromatic carbocycles. The fourth-order valence-electron chi connectivity index (χ4n) is 2.47. The first-order valence-electron chi connectivity index (χ1n) is 6.20. The van der Waals surface area contributed by atoms with Crippen molar-refractivity contribution >= 4 is 17.4 Å². The highest BCUT2D eigenvalue weighted by Crippen LogP contribution is 2.30. The van der Waals surface area contributed by atoms with Gasteiger partial charge in [0, 0.05) is 25.0 Å². The van der Waals surface area contributed by atoms with E-state index < -0.39 is 5.54 Å². The summed E-state index contributed by atoms with van der Waals surface area (Å²) in [6.45, 7) is 1.96. The Morgan fingerprint density at radius 3 is 2.89 bits per heavy atom. The van der Waals surface area contributed by atoms with Gasteiger partial charge in [-0.1, -0.05) is 6.07 Å². The minimum Gasteiger partial charge on any atom is -0.346 e. The highest BCUT2D eigenvalue weighted by molar-refractivity contribution is 5.98. The molecule has 2 N–H and O–H groups in total. The van der Waals surface area contributed by atoms with Gasteiger partial charge in [0.15, 0.2) is 5.96 Å². The summed E-state index contributed by atoms with van der Waals surface area (Å²) < 4.78 is 2.02. The second-order valence-corrected chi connectivity index (χ2v) is 5.20. The molecule has 0 aliphatic carbocycles. The third-order valence-corrected chi connectivity index (χ3v) is 3.75. The van der Waals surface area contributed by atoms with Crippen molar-refractivity contribution in [1.82, 2.24) is 14.6 Å². The molecule has 1 fully saturated rings. The minimum absolute atomic E-state index is 0.0403. The van der Waals surface area contributed by atoms with Crippen LogP contribution in [0.2, 0.25) is 0 Å². The van der Waals surface area contributed by atoms with E-state index in [1.165, 1.54) is 4.90 Å². The van der Waals surface area contributed by atoms with Crippen LogP contribution in [-0.4, -0.2) is 28.2 Å². The second kappa shape index (κ2) is 3.85. The normalized spacial score (nSPS) is 23.8. The van der Waals surface area contributed by atoms with Crippen LogP contribution in [0.1, 0.15) is 18.9 Å². The summed E-state index contributed by atoms with van der Waals surface area (Å²) in [6.07, 6.45) is 4.33. The first-order valence-corrected chi connectivity index (χ1v) is 6.20. The monoisotopic (exact) mass is 256 g/mol. The van der Waals surface area contributed by atoms with Gasteiger partial charge in [-0.05, 0) is 30.7 Å². The number of rotatable bonds is 1. The Hall–Kier alpha value is -2.30. The zero-order chi connectivity index (χ0) is 13.6. The van der Waals surface area contributed by atoms with Gasteiger partial charge in [-0.25, -0.2) is 0 Å². The van der Waals surface area contributed by atoms with Crippen LogP contribution in [0.5, 0.6) is 0 Å². The van der Waals surface area contributed by atoms with Gasteiger partial charge < -0.3 is 9.72 Å². The summed E-state index contributed by atoms with van der Waals surface area (Å²) in [5, 5.41) is 11.0. The smallest absolute Gasteiger partial charge is 0.231 e. The van der Waals surface area contributed by atoms with Crippen molar-refractivity contribution in [3.8, 4) is 0 Å². The van der Waals surface area contributed by atoms with Crippen molar-refractivity contribution in [2.24, 2.45) is 0 Å². The Labute approximate surface area is 111 Å². The number of hydrogen-bond donors (Lipinski definition) is 2. The van der Waals surface area contributed by atoms with Crippen LogP contribution in [0, 0.1) is 5.41 Å². The first kappa shape index (κ1) is 11.8. The predicted octanol–water partition coefficient (Wildman–Crippen LogP) is 1.54.